The molecule has 6 aliphatic rings. The Bertz CT molecular complexity index is 2810. The van der Waals surface area contributed by atoms with Gasteiger partial charge in [-0.1, -0.05) is 11.6 Å². The van der Waals surface area contributed by atoms with E-state index in [1.165, 1.54) is 19.2 Å². The minimum Gasteiger partial charge on any atom is -0.489 e. The highest BCUT2D eigenvalue weighted by molar-refractivity contribution is 6.33. The molecule has 5 saturated heterocycles. The number of rotatable bonds is 12. The molecule has 5 amide bonds. The minimum absolute atomic E-state index is 0.0620. The quantitative estimate of drug-likeness (QED) is 0.149. The van der Waals surface area contributed by atoms with Crippen LogP contribution in [-0.2, 0) is 25.7 Å². The SMILES string of the molecule is CNC(=O)COc1cc2cc(Nc3nc(N4CCC(C(=O)N5CCC(CN6CCC7(CC6)CCN(c6ccc(C(=O)NC8CCC(=O)NC8=O)c(F)c6)C7)CC5)CC4)ncc3Cl)cc3c2n(c1=O)CCO3. The summed E-state index contributed by atoms with van der Waals surface area (Å²) in [5.74, 6) is -0.433. The van der Waals surface area contributed by atoms with E-state index in [-0.39, 0.29) is 65.4 Å². The summed E-state index contributed by atoms with van der Waals surface area (Å²) in [6.45, 7) is 7.84. The third-order valence-corrected chi connectivity index (χ3v) is 15.6. The van der Waals surface area contributed by atoms with Crippen LogP contribution >= 0.6 is 11.6 Å². The van der Waals surface area contributed by atoms with E-state index in [2.05, 4.69) is 45.9 Å². The van der Waals surface area contributed by atoms with Crippen LogP contribution in [0, 0.1) is 23.1 Å². The maximum absolute atomic E-state index is 15.3. The van der Waals surface area contributed by atoms with Gasteiger partial charge in [-0.25, -0.2) is 9.37 Å². The Labute approximate surface area is 414 Å². The number of pyridine rings is 1. The van der Waals surface area contributed by atoms with Crippen molar-refractivity contribution in [3.63, 3.8) is 0 Å². The van der Waals surface area contributed by atoms with Crippen LogP contribution in [0.15, 0.2) is 47.4 Å². The Morgan fingerprint density at radius 3 is 2.45 bits per heavy atom. The van der Waals surface area contributed by atoms with Gasteiger partial charge in [-0.2, -0.15) is 4.98 Å². The number of amides is 5. The smallest absolute Gasteiger partial charge is 0.293 e. The number of hydrogen-bond acceptors (Lipinski definition) is 14. The second-order valence-electron chi connectivity index (χ2n) is 19.8. The van der Waals surface area contributed by atoms with Crippen LogP contribution in [-0.4, -0.2) is 139 Å². The lowest BCUT2D eigenvalue weighted by molar-refractivity contribution is -0.138. The fourth-order valence-electron chi connectivity index (χ4n) is 11.2. The number of nitrogens with one attached hydrogen (secondary N) is 4. The van der Waals surface area contributed by atoms with Crippen LogP contribution in [0.4, 0.5) is 27.5 Å². The van der Waals surface area contributed by atoms with Gasteiger partial charge in [-0.15, -0.1) is 0 Å². The number of anilines is 4. The average Bonchev–Trinajstić information content (AvgIpc) is 3.79. The lowest BCUT2D eigenvalue weighted by Crippen LogP contribution is -2.52. The molecule has 1 unspecified atom stereocenters. The second-order valence-corrected chi connectivity index (χ2v) is 20.2. The molecular formula is C50H59ClFN11O8. The van der Waals surface area contributed by atoms with Crippen LogP contribution in [0.25, 0.3) is 10.9 Å². The number of hydrogen-bond donors (Lipinski definition) is 4. The van der Waals surface area contributed by atoms with Crippen molar-refractivity contribution in [3.05, 3.63) is 69.4 Å². The Hall–Kier alpha value is -6.54. The first-order chi connectivity index (χ1) is 34.3. The van der Waals surface area contributed by atoms with Crippen molar-refractivity contribution < 1.29 is 37.8 Å². The van der Waals surface area contributed by atoms with Crippen molar-refractivity contribution in [3.8, 4) is 11.5 Å². The molecule has 2 aromatic heterocycles. The standard InChI is InChI=1S/C50H59ClFN11O8/c1-53-42(65)28-71-40-23-32-22-33(24-39-43(32)63(48(40)69)20-21-70-39)55-44-36(51)26-54-49(58-44)61-15-8-31(9-16-61)47(68)60-13-6-30(7-14-60)27-59-17-10-50(11-18-59)12-19-62(29-50)34-2-3-35(37(52)25-34)45(66)56-38-4-5-41(64)57-46(38)67/h2-3,22-26,30-31,38H,4-21,27-29H2,1H3,(H,53,65)(H,56,66)(H,54,55,58)(H,57,64,67). The molecule has 1 spiro atoms. The van der Waals surface area contributed by atoms with Gasteiger partial charge in [0.1, 0.15) is 29.2 Å². The molecule has 0 saturated carbocycles. The monoisotopic (exact) mass is 995 g/mol. The van der Waals surface area contributed by atoms with Crippen molar-refractivity contribution in [1.29, 1.82) is 0 Å². The highest BCUT2D eigenvalue weighted by Gasteiger charge is 2.42. The zero-order valence-electron chi connectivity index (χ0n) is 39.8. The van der Waals surface area contributed by atoms with Crippen LogP contribution in [0.3, 0.4) is 0 Å². The fourth-order valence-corrected chi connectivity index (χ4v) is 11.3. The highest BCUT2D eigenvalue weighted by Crippen LogP contribution is 2.43. The van der Waals surface area contributed by atoms with E-state index in [9.17, 15) is 28.8 Å². The number of nitrogens with zero attached hydrogens (tertiary/aromatic N) is 7. The number of imide groups is 1. The number of piperidine rings is 4. The van der Waals surface area contributed by atoms with Crippen LogP contribution in [0.2, 0.25) is 5.02 Å². The van der Waals surface area contributed by atoms with Gasteiger partial charge in [-0.05, 0) is 106 Å². The lowest BCUT2D eigenvalue weighted by atomic mass is 9.77. The molecule has 19 nitrogen and oxygen atoms in total. The van der Waals surface area contributed by atoms with Crippen LogP contribution in [0.1, 0.15) is 68.1 Å². The number of carbonyl (C=O) groups excluding carboxylic acids is 5. The molecule has 0 radical (unpaired) electrons. The predicted octanol–water partition coefficient (Wildman–Crippen LogP) is 3.83. The topological polar surface area (TPSA) is 213 Å². The largest absolute Gasteiger partial charge is 0.489 e. The summed E-state index contributed by atoms with van der Waals surface area (Å²) in [6, 6.07) is 9.04. The van der Waals surface area contributed by atoms with Gasteiger partial charge in [0.05, 0.1) is 23.8 Å². The Morgan fingerprint density at radius 2 is 1.70 bits per heavy atom. The molecule has 4 aromatic rings. The lowest BCUT2D eigenvalue weighted by Gasteiger charge is -2.42. The molecule has 5 fully saturated rings. The molecule has 1 atom stereocenters. The number of likely N-dealkylation sites (N-methyl/N-ethyl adjacent to an activating group) is 1. The summed E-state index contributed by atoms with van der Waals surface area (Å²) in [7, 11) is 1.50. The van der Waals surface area contributed by atoms with Gasteiger partial charge in [0.15, 0.2) is 18.2 Å². The third-order valence-electron chi connectivity index (χ3n) is 15.4. The van der Waals surface area contributed by atoms with E-state index in [0.717, 1.165) is 83.6 Å². The zero-order chi connectivity index (χ0) is 49.4. The summed E-state index contributed by atoms with van der Waals surface area (Å²) in [5.41, 5.74) is 1.70. The highest BCUT2D eigenvalue weighted by atomic mass is 35.5. The molecule has 0 aliphatic carbocycles. The van der Waals surface area contributed by atoms with Crippen molar-refractivity contribution >= 4 is 75.2 Å². The van der Waals surface area contributed by atoms with Gasteiger partial charge < -0.3 is 45.0 Å². The van der Waals surface area contributed by atoms with Crippen molar-refractivity contribution in [2.75, 3.05) is 94.3 Å². The predicted molar refractivity (Wildman–Crippen MR) is 263 cm³/mol. The van der Waals surface area contributed by atoms with E-state index >= 15 is 4.39 Å². The number of ether oxygens (including phenoxy) is 2. The van der Waals surface area contributed by atoms with Crippen LogP contribution < -0.4 is 46.1 Å². The molecular weight excluding hydrogens is 937 g/mol. The maximum Gasteiger partial charge on any atom is 0.293 e. The number of halogens is 2. The van der Waals surface area contributed by atoms with Gasteiger partial charge in [-0.3, -0.25) is 38.7 Å². The van der Waals surface area contributed by atoms with E-state index < -0.39 is 23.7 Å². The van der Waals surface area contributed by atoms with Crippen molar-refractivity contribution in [1.82, 2.24) is 40.3 Å². The zero-order valence-corrected chi connectivity index (χ0v) is 40.5. The van der Waals surface area contributed by atoms with Gasteiger partial charge in [0, 0.05) is 88.0 Å². The Kier molecular flexibility index (Phi) is 13.7. The van der Waals surface area contributed by atoms with Crippen molar-refractivity contribution in [2.24, 2.45) is 17.3 Å². The summed E-state index contributed by atoms with van der Waals surface area (Å²) in [6.07, 6.45) is 8.40. The summed E-state index contributed by atoms with van der Waals surface area (Å²) in [5, 5.41) is 11.6. The Morgan fingerprint density at radius 1 is 0.930 bits per heavy atom. The number of benzene rings is 2. The summed E-state index contributed by atoms with van der Waals surface area (Å²) < 4.78 is 28.4. The van der Waals surface area contributed by atoms with Crippen LogP contribution in [0.5, 0.6) is 11.5 Å². The van der Waals surface area contributed by atoms with E-state index in [1.807, 2.05) is 6.07 Å². The van der Waals surface area contributed by atoms with Crippen molar-refractivity contribution in [2.45, 2.75) is 70.4 Å². The molecule has 8 heterocycles. The first kappa shape index (κ1) is 48.1. The van der Waals surface area contributed by atoms with Gasteiger partial charge in [0.2, 0.25) is 23.7 Å². The molecule has 0 bridgehead atoms. The van der Waals surface area contributed by atoms with Gasteiger partial charge in [0.25, 0.3) is 17.4 Å². The number of likely N-dealkylation sites (tertiary alicyclic amines) is 2. The first-order valence-corrected chi connectivity index (χ1v) is 25.1. The molecule has 21 heteroatoms. The summed E-state index contributed by atoms with van der Waals surface area (Å²) >= 11 is 6.62. The van der Waals surface area contributed by atoms with E-state index in [1.54, 1.807) is 29.0 Å². The van der Waals surface area contributed by atoms with E-state index in [4.69, 9.17) is 26.1 Å². The normalized spacial score (nSPS) is 20.7. The molecule has 71 heavy (non-hydrogen) atoms. The summed E-state index contributed by atoms with van der Waals surface area (Å²) in [4.78, 5) is 93.5. The molecule has 376 valence electrons. The first-order valence-electron chi connectivity index (χ1n) is 24.7. The number of aromatic nitrogens is 3. The Balaban J connectivity index is 0.669. The number of carbonyl (C=O) groups is 5. The maximum atomic E-state index is 15.3. The third kappa shape index (κ3) is 10.3. The minimum atomic E-state index is -0.871. The molecule has 6 aliphatic heterocycles. The average molecular weight is 997 g/mol. The fraction of sp³-hybridized carbons (Fsp3) is 0.520. The molecule has 10 rings (SSSR count). The van der Waals surface area contributed by atoms with E-state index in [0.29, 0.717) is 84.1 Å². The molecule has 2 aromatic carbocycles. The molecule has 4 N–H and O–H groups in total. The van der Waals surface area contributed by atoms with Gasteiger partial charge >= 0.3 is 0 Å². The second kappa shape index (κ2) is 20.3.